The molecule has 0 bridgehead atoms. The lowest BCUT2D eigenvalue weighted by molar-refractivity contribution is -0.125. The molecule has 1 atom stereocenters. The molecule has 0 aromatic carbocycles. The van der Waals surface area contributed by atoms with Crippen LogP contribution in [0.25, 0.3) is 0 Å². The van der Waals surface area contributed by atoms with Gasteiger partial charge < -0.3 is 4.90 Å². The number of carbonyl (C=O) groups excluding carboxylic acids is 1. The summed E-state index contributed by atoms with van der Waals surface area (Å²) in [5, 5.41) is 0. The quantitative estimate of drug-likeness (QED) is 0.358. The molecule has 0 radical (unpaired) electrons. The smallest absolute Gasteiger partial charge is 0.237 e. The van der Waals surface area contributed by atoms with E-state index in [4.69, 9.17) is 5.84 Å². The van der Waals surface area contributed by atoms with Gasteiger partial charge in [0.15, 0.2) is 0 Å². The van der Waals surface area contributed by atoms with E-state index in [2.05, 4.69) is 24.2 Å². The van der Waals surface area contributed by atoms with Crippen LogP contribution in [0.1, 0.15) is 46.5 Å². The Bertz CT molecular complexity index is 177. The first-order valence-electron chi connectivity index (χ1n) is 6.38. The Morgan fingerprint density at radius 2 is 1.75 bits per heavy atom. The minimum Gasteiger partial charge on any atom is -0.303 e. The highest BCUT2D eigenvalue weighted by molar-refractivity contribution is 5.77. The molecule has 0 rings (SSSR count). The second kappa shape index (κ2) is 9.60. The van der Waals surface area contributed by atoms with Crippen LogP contribution in [0.4, 0.5) is 0 Å². The Hall–Kier alpha value is -0.610. The second-order valence-corrected chi connectivity index (χ2v) is 4.42. The lowest BCUT2D eigenvalue weighted by Gasteiger charge is -2.24. The minimum atomic E-state index is -0.0713. The van der Waals surface area contributed by atoms with Crippen molar-refractivity contribution in [2.75, 3.05) is 19.6 Å². The first-order valence-corrected chi connectivity index (χ1v) is 6.38. The molecule has 0 aliphatic carbocycles. The van der Waals surface area contributed by atoms with Gasteiger partial charge in [0, 0.05) is 12.5 Å². The number of carbonyl (C=O) groups is 1. The zero-order chi connectivity index (χ0) is 12.4. The molecular formula is C12H27N3O. The van der Waals surface area contributed by atoms with Crippen LogP contribution >= 0.6 is 0 Å². The van der Waals surface area contributed by atoms with Gasteiger partial charge in [-0.1, -0.05) is 33.6 Å². The van der Waals surface area contributed by atoms with Gasteiger partial charge in [0.05, 0.1) is 0 Å². The lowest BCUT2D eigenvalue weighted by Crippen LogP contribution is -2.41. The topological polar surface area (TPSA) is 58.4 Å². The fourth-order valence-electron chi connectivity index (χ4n) is 1.67. The van der Waals surface area contributed by atoms with E-state index in [1.54, 1.807) is 0 Å². The predicted molar refractivity (Wildman–Crippen MR) is 67.8 cm³/mol. The van der Waals surface area contributed by atoms with Gasteiger partial charge in [-0.2, -0.15) is 0 Å². The molecule has 0 aromatic heterocycles. The van der Waals surface area contributed by atoms with Crippen molar-refractivity contribution in [1.29, 1.82) is 0 Å². The summed E-state index contributed by atoms with van der Waals surface area (Å²) in [4.78, 5) is 13.7. The van der Waals surface area contributed by atoms with Gasteiger partial charge in [-0.05, 0) is 25.9 Å². The first-order chi connectivity index (χ1) is 7.65. The van der Waals surface area contributed by atoms with Crippen molar-refractivity contribution in [3.05, 3.63) is 0 Å². The average molecular weight is 229 g/mol. The third kappa shape index (κ3) is 6.80. The molecule has 4 heteroatoms. The van der Waals surface area contributed by atoms with Crippen molar-refractivity contribution in [2.45, 2.75) is 46.5 Å². The van der Waals surface area contributed by atoms with Gasteiger partial charge in [-0.3, -0.25) is 10.2 Å². The number of nitrogens with one attached hydrogen (secondary N) is 1. The summed E-state index contributed by atoms with van der Waals surface area (Å²) in [5.41, 5.74) is 2.22. The van der Waals surface area contributed by atoms with Crippen LogP contribution in [-0.4, -0.2) is 30.4 Å². The number of hydrogen-bond donors (Lipinski definition) is 2. The number of nitrogens with two attached hydrogens (primary N) is 1. The summed E-state index contributed by atoms with van der Waals surface area (Å²) >= 11 is 0. The highest BCUT2D eigenvalue weighted by Crippen LogP contribution is 2.04. The monoisotopic (exact) mass is 229 g/mol. The van der Waals surface area contributed by atoms with Gasteiger partial charge in [-0.15, -0.1) is 0 Å². The van der Waals surface area contributed by atoms with Gasteiger partial charge in [-0.25, -0.2) is 5.84 Å². The Balaban J connectivity index is 4.01. The number of nitrogens with zero attached hydrogens (tertiary/aromatic N) is 1. The van der Waals surface area contributed by atoms with Crippen LogP contribution in [-0.2, 0) is 4.79 Å². The number of hydrogen-bond acceptors (Lipinski definition) is 3. The molecule has 0 spiro atoms. The fraction of sp³-hybridized carbons (Fsp3) is 0.917. The van der Waals surface area contributed by atoms with Gasteiger partial charge >= 0.3 is 0 Å². The number of unbranched alkanes of at least 4 members (excludes halogenated alkanes) is 2. The van der Waals surface area contributed by atoms with E-state index in [1.165, 1.54) is 25.7 Å². The summed E-state index contributed by atoms with van der Waals surface area (Å²) in [6, 6.07) is 0. The highest BCUT2D eigenvalue weighted by Gasteiger charge is 2.15. The van der Waals surface area contributed by atoms with Gasteiger partial charge in [0.1, 0.15) is 0 Å². The number of hydrazine groups is 1. The Kier molecular flexibility index (Phi) is 9.24. The third-order valence-electron chi connectivity index (χ3n) is 2.78. The SMILES string of the molecule is CCCCN(CCCC)CC(C)C(=O)NN. The van der Waals surface area contributed by atoms with E-state index >= 15 is 0 Å². The molecule has 96 valence electrons. The molecule has 16 heavy (non-hydrogen) atoms. The van der Waals surface area contributed by atoms with Crippen LogP contribution in [0.15, 0.2) is 0 Å². The van der Waals surface area contributed by atoms with Gasteiger partial charge in [0.2, 0.25) is 5.91 Å². The predicted octanol–water partition coefficient (Wildman–Crippen LogP) is 1.51. The van der Waals surface area contributed by atoms with Gasteiger partial charge in [0.25, 0.3) is 0 Å². The van der Waals surface area contributed by atoms with E-state index in [0.29, 0.717) is 0 Å². The maximum Gasteiger partial charge on any atom is 0.237 e. The first kappa shape index (κ1) is 15.4. The van der Waals surface area contributed by atoms with E-state index in [0.717, 1.165) is 19.6 Å². The normalized spacial score (nSPS) is 12.8. The van der Waals surface area contributed by atoms with Crippen LogP contribution < -0.4 is 11.3 Å². The van der Waals surface area contributed by atoms with Crippen molar-refractivity contribution in [1.82, 2.24) is 10.3 Å². The summed E-state index contributed by atoms with van der Waals surface area (Å²) in [7, 11) is 0. The van der Waals surface area contributed by atoms with Crippen LogP contribution in [0.3, 0.4) is 0 Å². The Labute approximate surface area is 99.5 Å². The summed E-state index contributed by atoms with van der Waals surface area (Å²) < 4.78 is 0. The zero-order valence-corrected chi connectivity index (χ0v) is 11.0. The fourth-order valence-corrected chi connectivity index (χ4v) is 1.67. The number of rotatable bonds is 9. The molecule has 0 aliphatic rings. The molecule has 0 heterocycles. The summed E-state index contributed by atoms with van der Waals surface area (Å²) in [5.74, 6) is 5.03. The molecule has 4 nitrogen and oxygen atoms in total. The molecule has 0 aromatic rings. The van der Waals surface area contributed by atoms with E-state index in [-0.39, 0.29) is 11.8 Å². The molecule has 3 N–H and O–H groups in total. The van der Waals surface area contributed by atoms with E-state index in [9.17, 15) is 4.79 Å². The maximum atomic E-state index is 11.3. The van der Waals surface area contributed by atoms with Crippen molar-refractivity contribution in [2.24, 2.45) is 11.8 Å². The van der Waals surface area contributed by atoms with Crippen LogP contribution in [0.2, 0.25) is 0 Å². The summed E-state index contributed by atoms with van der Waals surface area (Å²) in [6.45, 7) is 9.27. The maximum absolute atomic E-state index is 11.3. The zero-order valence-electron chi connectivity index (χ0n) is 11.0. The standard InChI is InChI=1S/C12H27N3O/c1-4-6-8-15(9-7-5-2)10-11(3)12(16)14-13/h11H,4-10,13H2,1-3H3,(H,14,16). The lowest BCUT2D eigenvalue weighted by atomic mass is 10.1. The molecule has 1 unspecified atom stereocenters. The average Bonchev–Trinajstić information content (AvgIpc) is 2.31. The molecular weight excluding hydrogens is 202 g/mol. The summed E-state index contributed by atoms with van der Waals surface area (Å²) in [6.07, 6.45) is 4.78. The minimum absolute atomic E-state index is 0.0290. The van der Waals surface area contributed by atoms with E-state index in [1.807, 2.05) is 6.92 Å². The molecule has 0 aliphatic heterocycles. The van der Waals surface area contributed by atoms with Crippen LogP contribution in [0.5, 0.6) is 0 Å². The third-order valence-corrected chi connectivity index (χ3v) is 2.78. The number of amides is 1. The molecule has 0 saturated heterocycles. The van der Waals surface area contributed by atoms with Crippen molar-refractivity contribution < 1.29 is 4.79 Å². The molecule has 0 fully saturated rings. The molecule has 1 amide bonds. The highest BCUT2D eigenvalue weighted by atomic mass is 16.2. The van der Waals surface area contributed by atoms with Crippen LogP contribution in [0, 0.1) is 5.92 Å². The van der Waals surface area contributed by atoms with Crippen molar-refractivity contribution >= 4 is 5.91 Å². The van der Waals surface area contributed by atoms with Crippen molar-refractivity contribution in [3.8, 4) is 0 Å². The largest absolute Gasteiger partial charge is 0.303 e. The van der Waals surface area contributed by atoms with Crippen molar-refractivity contribution in [3.63, 3.8) is 0 Å². The molecule has 0 saturated carbocycles. The van der Waals surface area contributed by atoms with E-state index < -0.39 is 0 Å². The Morgan fingerprint density at radius 1 is 1.25 bits per heavy atom. The Morgan fingerprint density at radius 3 is 2.12 bits per heavy atom. The second-order valence-electron chi connectivity index (χ2n) is 4.42.